The molecule has 2 aromatic rings. The maximum Gasteiger partial charge on any atom is 0.220 e. The highest BCUT2D eigenvalue weighted by molar-refractivity contribution is 7.12. The largest absolute Gasteiger partial charge is 0.369 e. The van der Waals surface area contributed by atoms with Gasteiger partial charge in [-0.1, -0.05) is 18.2 Å². The fraction of sp³-hybridized carbons (Fsp3) is 0.478. The predicted molar refractivity (Wildman–Crippen MR) is 120 cm³/mol. The summed E-state index contributed by atoms with van der Waals surface area (Å²) in [6.07, 6.45) is 1.49. The van der Waals surface area contributed by atoms with Gasteiger partial charge in [0.25, 0.3) is 0 Å². The number of carbonyl (C=O) groups excluding carboxylic acids is 2. The maximum absolute atomic E-state index is 12.3. The Hall–Kier alpha value is -2.18. The molecule has 1 aliphatic rings. The van der Waals surface area contributed by atoms with Gasteiger partial charge >= 0.3 is 0 Å². The zero-order valence-corrected chi connectivity index (χ0v) is 18.3. The normalized spacial score (nSPS) is 14.8. The quantitative estimate of drug-likeness (QED) is 0.504. The number of Topliss-reactive ketones (excluding diaryl/α,β-unsaturated/α-hetero) is 1. The van der Waals surface area contributed by atoms with Gasteiger partial charge in [0.1, 0.15) is 0 Å². The van der Waals surface area contributed by atoms with E-state index in [0.717, 1.165) is 54.5 Å². The Morgan fingerprint density at radius 2 is 1.76 bits per heavy atom. The fourth-order valence-corrected chi connectivity index (χ4v) is 4.70. The molecule has 1 aromatic heterocycles. The second kappa shape index (κ2) is 10.6. The lowest BCUT2D eigenvalue weighted by atomic mass is 10.1. The number of hydrogen-bond donors (Lipinski definition) is 1. The molecular formula is C23H31N3O2S. The monoisotopic (exact) mass is 413 g/mol. The first-order chi connectivity index (χ1) is 14.0. The van der Waals surface area contributed by atoms with Crippen LogP contribution in [0.25, 0.3) is 0 Å². The molecule has 156 valence electrons. The van der Waals surface area contributed by atoms with E-state index in [2.05, 4.69) is 39.4 Å². The minimum Gasteiger partial charge on any atom is -0.369 e. The van der Waals surface area contributed by atoms with E-state index < -0.39 is 0 Å². The summed E-state index contributed by atoms with van der Waals surface area (Å²) in [4.78, 5) is 31.4. The molecule has 0 unspecified atom stereocenters. The van der Waals surface area contributed by atoms with Crippen LogP contribution in [-0.2, 0) is 4.79 Å². The third kappa shape index (κ3) is 6.41. The minimum absolute atomic E-state index is 0.0307. The van der Waals surface area contributed by atoms with E-state index in [4.69, 9.17) is 0 Å². The van der Waals surface area contributed by atoms with Crippen LogP contribution in [0.1, 0.15) is 39.4 Å². The molecule has 1 aromatic carbocycles. The van der Waals surface area contributed by atoms with Gasteiger partial charge in [0, 0.05) is 66.6 Å². The summed E-state index contributed by atoms with van der Waals surface area (Å²) < 4.78 is 0. The molecule has 1 fully saturated rings. The van der Waals surface area contributed by atoms with Crippen molar-refractivity contribution in [3.05, 3.63) is 51.7 Å². The number of piperazine rings is 1. The van der Waals surface area contributed by atoms with Crippen LogP contribution in [-0.4, -0.2) is 55.9 Å². The summed E-state index contributed by atoms with van der Waals surface area (Å²) in [6.45, 7) is 9.82. The number of thiophene rings is 1. The molecule has 6 heteroatoms. The van der Waals surface area contributed by atoms with Crippen LogP contribution < -0.4 is 10.2 Å². The zero-order valence-electron chi connectivity index (χ0n) is 17.4. The van der Waals surface area contributed by atoms with Gasteiger partial charge in [-0.3, -0.25) is 14.5 Å². The van der Waals surface area contributed by atoms with Crippen molar-refractivity contribution in [3.8, 4) is 0 Å². The van der Waals surface area contributed by atoms with E-state index >= 15 is 0 Å². The minimum atomic E-state index is -0.0307. The van der Waals surface area contributed by atoms with Gasteiger partial charge in [-0.25, -0.2) is 0 Å². The third-order valence-electron chi connectivity index (χ3n) is 5.39. The van der Waals surface area contributed by atoms with Crippen molar-refractivity contribution in [3.63, 3.8) is 0 Å². The highest BCUT2D eigenvalue weighted by Gasteiger charge is 2.17. The molecule has 0 radical (unpaired) electrons. The standard InChI is InChI=1S/C23H31N3O2S/c1-18-17-21(19(2)29-18)22(27)9-10-23(28)24-11-6-12-25-13-15-26(16-14-25)20-7-4-3-5-8-20/h3-5,7-8,17H,6,9-16H2,1-2H3,(H,24,28). The van der Waals surface area contributed by atoms with Gasteiger partial charge in [-0.15, -0.1) is 11.3 Å². The summed E-state index contributed by atoms with van der Waals surface area (Å²) in [5.41, 5.74) is 2.07. The topological polar surface area (TPSA) is 52.7 Å². The van der Waals surface area contributed by atoms with E-state index in [1.54, 1.807) is 11.3 Å². The van der Waals surface area contributed by atoms with Crippen LogP contribution in [0.4, 0.5) is 5.69 Å². The van der Waals surface area contributed by atoms with Crippen LogP contribution >= 0.6 is 11.3 Å². The molecule has 0 spiro atoms. The lowest BCUT2D eigenvalue weighted by molar-refractivity contribution is -0.121. The van der Waals surface area contributed by atoms with Crippen molar-refractivity contribution in [1.29, 1.82) is 0 Å². The highest BCUT2D eigenvalue weighted by Crippen LogP contribution is 2.22. The molecule has 29 heavy (non-hydrogen) atoms. The number of carbonyl (C=O) groups is 2. The van der Waals surface area contributed by atoms with E-state index in [1.807, 2.05) is 26.0 Å². The zero-order chi connectivity index (χ0) is 20.6. The molecule has 0 saturated carbocycles. The molecule has 1 aliphatic heterocycles. The molecule has 1 amide bonds. The van der Waals surface area contributed by atoms with Crippen molar-refractivity contribution in [2.75, 3.05) is 44.2 Å². The summed E-state index contributed by atoms with van der Waals surface area (Å²) in [5.74, 6) is 0.0372. The number of nitrogens with one attached hydrogen (secondary N) is 1. The third-order valence-corrected chi connectivity index (χ3v) is 6.35. The SMILES string of the molecule is Cc1cc(C(=O)CCC(=O)NCCCN2CCN(c3ccccc3)CC2)c(C)s1. The van der Waals surface area contributed by atoms with Crippen LogP contribution in [0, 0.1) is 13.8 Å². The number of benzene rings is 1. The molecule has 0 bridgehead atoms. The smallest absolute Gasteiger partial charge is 0.220 e. The summed E-state index contributed by atoms with van der Waals surface area (Å²) in [6, 6.07) is 12.5. The van der Waals surface area contributed by atoms with Crippen molar-refractivity contribution < 1.29 is 9.59 Å². The Kier molecular flexibility index (Phi) is 7.83. The van der Waals surface area contributed by atoms with Crippen LogP contribution in [0.5, 0.6) is 0 Å². The summed E-state index contributed by atoms with van der Waals surface area (Å²) in [7, 11) is 0. The van der Waals surface area contributed by atoms with Gasteiger partial charge in [0.05, 0.1) is 0 Å². The van der Waals surface area contributed by atoms with Crippen molar-refractivity contribution in [2.24, 2.45) is 0 Å². The van der Waals surface area contributed by atoms with Crippen LogP contribution in [0.2, 0.25) is 0 Å². The summed E-state index contributed by atoms with van der Waals surface area (Å²) in [5, 5.41) is 2.96. The number of para-hydroxylation sites is 1. The van der Waals surface area contributed by atoms with E-state index in [-0.39, 0.29) is 24.5 Å². The second-order valence-corrected chi connectivity index (χ2v) is 9.08. The number of hydrogen-bond acceptors (Lipinski definition) is 5. The van der Waals surface area contributed by atoms with E-state index in [1.165, 1.54) is 5.69 Å². The van der Waals surface area contributed by atoms with Crippen molar-refractivity contribution >= 4 is 28.7 Å². The van der Waals surface area contributed by atoms with E-state index in [0.29, 0.717) is 6.54 Å². The van der Waals surface area contributed by atoms with E-state index in [9.17, 15) is 9.59 Å². The second-order valence-electron chi connectivity index (χ2n) is 7.62. The number of ketones is 1. The first-order valence-electron chi connectivity index (χ1n) is 10.4. The first-order valence-corrected chi connectivity index (χ1v) is 11.2. The number of rotatable bonds is 9. The Morgan fingerprint density at radius 1 is 1.03 bits per heavy atom. The maximum atomic E-state index is 12.3. The fourth-order valence-electron chi connectivity index (χ4n) is 3.76. The summed E-state index contributed by atoms with van der Waals surface area (Å²) >= 11 is 1.63. The first kappa shape index (κ1) is 21.5. The number of amides is 1. The molecule has 3 rings (SSSR count). The van der Waals surface area contributed by atoms with Crippen molar-refractivity contribution in [1.82, 2.24) is 10.2 Å². The Morgan fingerprint density at radius 3 is 2.41 bits per heavy atom. The average molecular weight is 414 g/mol. The molecule has 5 nitrogen and oxygen atoms in total. The molecule has 1 saturated heterocycles. The lowest BCUT2D eigenvalue weighted by Crippen LogP contribution is -2.47. The Labute approximate surface area is 177 Å². The average Bonchev–Trinajstić information content (AvgIpc) is 3.08. The van der Waals surface area contributed by atoms with Crippen molar-refractivity contribution in [2.45, 2.75) is 33.1 Å². The van der Waals surface area contributed by atoms with Gasteiger partial charge < -0.3 is 10.2 Å². The Balaban J connectivity index is 1.27. The van der Waals surface area contributed by atoms with Gasteiger partial charge in [0.2, 0.25) is 5.91 Å². The van der Waals surface area contributed by atoms with Crippen LogP contribution in [0.3, 0.4) is 0 Å². The molecule has 2 heterocycles. The number of aryl methyl sites for hydroxylation is 2. The highest BCUT2D eigenvalue weighted by atomic mass is 32.1. The molecule has 0 aliphatic carbocycles. The number of anilines is 1. The molecule has 0 atom stereocenters. The van der Waals surface area contributed by atoms with Gasteiger partial charge in [-0.2, -0.15) is 0 Å². The number of nitrogens with zero attached hydrogens (tertiary/aromatic N) is 2. The predicted octanol–water partition coefficient (Wildman–Crippen LogP) is 3.66. The molecule has 1 N–H and O–H groups in total. The van der Waals surface area contributed by atoms with Crippen LogP contribution in [0.15, 0.2) is 36.4 Å². The molecular weight excluding hydrogens is 382 g/mol. The Bertz CT molecular complexity index is 811. The lowest BCUT2D eigenvalue weighted by Gasteiger charge is -2.36. The van der Waals surface area contributed by atoms with Gasteiger partial charge in [-0.05, 0) is 45.0 Å². The van der Waals surface area contributed by atoms with Gasteiger partial charge in [0.15, 0.2) is 5.78 Å².